The minimum Gasteiger partial charge on any atom is -0.399 e. The number of aliphatic hydroxyl groups is 1. The maximum atomic E-state index is 13.5. The molecule has 2 unspecified atom stereocenters. The molecule has 0 heterocycles. The highest BCUT2D eigenvalue weighted by Crippen LogP contribution is 2.39. The zero-order valence-corrected chi connectivity index (χ0v) is 26.5. The van der Waals surface area contributed by atoms with E-state index in [1.165, 1.54) is 19.1 Å². The zero-order chi connectivity index (χ0) is 33.4. The van der Waals surface area contributed by atoms with Gasteiger partial charge in [-0.3, -0.25) is 0 Å². The highest BCUT2D eigenvalue weighted by molar-refractivity contribution is 6.42. The molecule has 0 spiro atoms. The first-order chi connectivity index (χ1) is 21.1. The molecular formula is C32H35Cl2F6N3O2. The molecule has 13 heteroatoms. The van der Waals surface area contributed by atoms with Gasteiger partial charge in [0, 0.05) is 18.7 Å². The smallest absolute Gasteiger partial charge is 0.399 e. The Morgan fingerprint density at radius 2 is 1.51 bits per heavy atom. The van der Waals surface area contributed by atoms with Crippen molar-refractivity contribution in [2.75, 3.05) is 38.7 Å². The van der Waals surface area contributed by atoms with Gasteiger partial charge < -0.3 is 20.2 Å². The molecule has 0 radical (unpaired) electrons. The van der Waals surface area contributed by atoms with E-state index in [1.54, 1.807) is 18.2 Å². The molecule has 0 aromatic heterocycles. The molecule has 0 bridgehead atoms. The van der Waals surface area contributed by atoms with E-state index in [0.717, 1.165) is 5.56 Å². The maximum Gasteiger partial charge on any atom is 0.416 e. The van der Waals surface area contributed by atoms with E-state index < -0.39 is 35.0 Å². The summed E-state index contributed by atoms with van der Waals surface area (Å²) in [6.45, 7) is 2.63. The molecule has 0 saturated carbocycles. The number of oxime groups is 1. The van der Waals surface area contributed by atoms with Crippen molar-refractivity contribution in [1.29, 1.82) is 0 Å². The summed E-state index contributed by atoms with van der Waals surface area (Å²) in [6.07, 6.45) is -8.63. The highest BCUT2D eigenvalue weighted by Gasteiger charge is 2.37. The maximum absolute atomic E-state index is 13.5. The number of hydrogen-bond acceptors (Lipinski definition) is 5. The molecule has 0 aliphatic heterocycles. The first-order valence-electron chi connectivity index (χ1n) is 14.1. The van der Waals surface area contributed by atoms with Crippen LogP contribution in [0.15, 0.2) is 71.9 Å². The van der Waals surface area contributed by atoms with E-state index in [4.69, 9.17) is 28.0 Å². The van der Waals surface area contributed by atoms with Crippen LogP contribution in [-0.2, 0) is 22.8 Å². The molecule has 0 aliphatic rings. The lowest BCUT2D eigenvalue weighted by molar-refractivity contribution is -0.143. The fraction of sp³-hybridized carbons (Fsp3) is 0.406. The largest absolute Gasteiger partial charge is 0.416 e. The number of halogens is 8. The molecule has 0 saturated heterocycles. The number of hydrogen-bond donors (Lipinski definition) is 2. The summed E-state index contributed by atoms with van der Waals surface area (Å²) in [5.41, 5.74) is -2.35. The van der Waals surface area contributed by atoms with Crippen LogP contribution >= 0.6 is 23.2 Å². The quantitative estimate of drug-likeness (QED) is 0.0774. The molecule has 246 valence electrons. The summed E-state index contributed by atoms with van der Waals surface area (Å²) in [7, 11) is 2.67. The minimum absolute atomic E-state index is 0.0864. The summed E-state index contributed by atoms with van der Waals surface area (Å²) in [5, 5.41) is 19.2. The first kappa shape index (κ1) is 36.5. The van der Waals surface area contributed by atoms with Gasteiger partial charge in [-0.05, 0) is 73.8 Å². The molecule has 0 aliphatic carbocycles. The predicted octanol–water partition coefficient (Wildman–Crippen LogP) is 8.92. The van der Waals surface area contributed by atoms with Gasteiger partial charge in [0.05, 0.1) is 39.0 Å². The summed E-state index contributed by atoms with van der Waals surface area (Å²) in [5.74, 6) is -0.512. The van der Waals surface area contributed by atoms with Crippen molar-refractivity contribution in [1.82, 2.24) is 5.32 Å². The van der Waals surface area contributed by atoms with Gasteiger partial charge >= 0.3 is 12.4 Å². The van der Waals surface area contributed by atoms with Gasteiger partial charge in [0.2, 0.25) is 0 Å². The van der Waals surface area contributed by atoms with Crippen molar-refractivity contribution in [2.24, 2.45) is 5.16 Å². The van der Waals surface area contributed by atoms with Gasteiger partial charge in [-0.25, -0.2) is 0 Å². The fourth-order valence-corrected chi connectivity index (χ4v) is 5.31. The zero-order valence-electron chi connectivity index (χ0n) is 24.9. The number of nitrogens with one attached hydrogen (secondary N) is 1. The van der Waals surface area contributed by atoms with Crippen LogP contribution in [0.5, 0.6) is 0 Å². The molecule has 45 heavy (non-hydrogen) atoms. The van der Waals surface area contributed by atoms with Gasteiger partial charge in [-0.1, -0.05) is 71.7 Å². The van der Waals surface area contributed by atoms with E-state index in [-0.39, 0.29) is 23.3 Å². The Bertz CT molecular complexity index is 1400. The van der Waals surface area contributed by atoms with Gasteiger partial charge in [0.25, 0.3) is 0 Å². The molecule has 3 rings (SSSR count). The van der Waals surface area contributed by atoms with E-state index in [1.807, 2.05) is 37.3 Å². The monoisotopic (exact) mass is 677 g/mol. The lowest BCUT2D eigenvalue weighted by Crippen LogP contribution is -2.33. The Balaban J connectivity index is 1.86. The predicted molar refractivity (Wildman–Crippen MR) is 166 cm³/mol. The van der Waals surface area contributed by atoms with Gasteiger partial charge in [0.15, 0.2) is 0 Å². The van der Waals surface area contributed by atoms with Crippen LogP contribution in [0.3, 0.4) is 0 Å². The lowest BCUT2D eigenvalue weighted by Gasteiger charge is -2.28. The topological polar surface area (TPSA) is 57.1 Å². The third kappa shape index (κ3) is 10.00. The molecule has 3 aromatic rings. The van der Waals surface area contributed by atoms with E-state index in [0.29, 0.717) is 60.8 Å². The second-order valence-electron chi connectivity index (χ2n) is 10.7. The summed E-state index contributed by atoms with van der Waals surface area (Å²) < 4.78 is 81.1. The SMILES string of the molecule is CCC(O)(CCNCCC(/C(CN(C)c1cc(C(F)(F)F)cc(C(F)(F)F)c1)=N/OC)c1ccc(Cl)c(Cl)c1)c1ccccc1. The van der Waals surface area contributed by atoms with Crippen molar-refractivity contribution < 1.29 is 36.3 Å². The standard InChI is InChI=1S/C32H35Cl2F6N3O2/c1-4-30(44,22-8-6-5-7-9-22)13-15-41-14-12-26(21-10-11-27(33)28(34)16-21)29(42-45-3)20-43(2)25-18-23(31(35,36)37)17-24(19-25)32(38,39)40/h5-11,16-19,26,41,44H,4,12-15,20H2,1-3H3/b42-29+. The summed E-state index contributed by atoms with van der Waals surface area (Å²) >= 11 is 12.4. The summed E-state index contributed by atoms with van der Waals surface area (Å²) in [4.78, 5) is 6.33. The normalized spacial score (nSPS) is 14.6. The van der Waals surface area contributed by atoms with Crippen molar-refractivity contribution in [2.45, 2.75) is 50.1 Å². The number of alkyl halides is 6. The Labute approximate surface area is 268 Å². The Morgan fingerprint density at radius 3 is 2.04 bits per heavy atom. The first-order valence-corrected chi connectivity index (χ1v) is 14.9. The molecule has 5 nitrogen and oxygen atoms in total. The van der Waals surface area contributed by atoms with Crippen LogP contribution in [0.2, 0.25) is 10.0 Å². The Kier molecular flexibility index (Phi) is 12.6. The number of benzene rings is 3. The summed E-state index contributed by atoms with van der Waals surface area (Å²) in [6, 6.07) is 15.7. The average Bonchev–Trinajstić information content (AvgIpc) is 2.99. The molecular weight excluding hydrogens is 643 g/mol. The third-order valence-corrected chi connectivity index (χ3v) is 8.33. The molecule has 3 aromatic carbocycles. The molecule has 0 fully saturated rings. The fourth-order valence-electron chi connectivity index (χ4n) is 5.01. The van der Waals surface area contributed by atoms with Crippen LogP contribution in [-0.4, -0.2) is 44.6 Å². The van der Waals surface area contributed by atoms with Crippen molar-refractivity contribution >= 4 is 34.6 Å². The van der Waals surface area contributed by atoms with Crippen LogP contribution in [0.1, 0.15) is 54.4 Å². The second kappa shape index (κ2) is 15.5. The van der Waals surface area contributed by atoms with Crippen molar-refractivity contribution in [3.8, 4) is 0 Å². The van der Waals surface area contributed by atoms with Crippen LogP contribution in [0, 0.1) is 0 Å². The molecule has 2 atom stereocenters. The lowest BCUT2D eigenvalue weighted by atomic mass is 9.88. The van der Waals surface area contributed by atoms with Crippen LogP contribution in [0.4, 0.5) is 32.0 Å². The second-order valence-corrected chi connectivity index (χ2v) is 11.5. The van der Waals surface area contributed by atoms with Gasteiger partial charge in [0.1, 0.15) is 7.11 Å². The highest BCUT2D eigenvalue weighted by atomic mass is 35.5. The Morgan fingerprint density at radius 1 is 0.889 bits per heavy atom. The number of nitrogens with zero attached hydrogens (tertiary/aromatic N) is 2. The van der Waals surface area contributed by atoms with E-state index in [9.17, 15) is 31.4 Å². The molecule has 0 amide bonds. The minimum atomic E-state index is -4.99. The van der Waals surface area contributed by atoms with Gasteiger partial charge in [-0.2, -0.15) is 26.3 Å². The van der Waals surface area contributed by atoms with Crippen LogP contribution in [0.25, 0.3) is 0 Å². The Hall–Kier alpha value is -2.99. The van der Waals surface area contributed by atoms with Gasteiger partial charge in [-0.15, -0.1) is 0 Å². The van der Waals surface area contributed by atoms with Crippen LogP contribution < -0.4 is 10.2 Å². The van der Waals surface area contributed by atoms with Crippen molar-refractivity contribution in [3.63, 3.8) is 0 Å². The third-order valence-electron chi connectivity index (χ3n) is 7.59. The van der Waals surface area contributed by atoms with E-state index in [2.05, 4.69) is 10.5 Å². The molecule has 2 N–H and O–H groups in total. The number of rotatable bonds is 14. The van der Waals surface area contributed by atoms with E-state index >= 15 is 0 Å². The number of anilines is 1. The van der Waals surface area contributed by atoms with Crippen molar-refractivity contribution in [3.05, 3.63) is 99.0 Å². The average molecular weight is 679 g/mol.